The van der Waals surface area contributed by atoms with E-state index >= 15 is 0 Å². The van der Waals surface area contributed by atoms with Gasteiger partial charge in [0.1, 0.15) is 5.84 Å². The molecule has 2 rings (SSSR count). The first-order valence-electron chi connectivity index (χ1n) is 6.27. The van der Waals surface area contributed by atoms with Crippen LogP contribution in [0, 0.1) is 5.41 Å². The molecule has 5 heteroatoms. The second kappa shape index (κ2) is 7.03. The van der Waals surface area contributed by atoms with E-state index in [2.05, 4.69) is 4.98 Å². The molecule has 0 spiro atoms. The minimum absolute atomic E-state index is 0.00882. The van der Waals surface area contributed by atoms with E-state index in [-0.39, 0.29) is 5.84 Å². The maximum absolute atomic E-state index is 7.35. The van der Waals surface area contributed by atoms with Crippen LogP contribution in [0.3, 0.4) is 0 Å². The van der Waals surface area contributed by atoms with Gasteiger partial charge in [-0.25, -0.2) is 0 Å². The van der Waals surface area contributed by atoms with Crippen LogP contribution in [0.2, 0.25) is 5.02 Å². The Kier molecular flexibility index (Phi) is 5.09. The van der Waals surface area contributed by atoms with Gasteiger partial charge in [0.05, 0.1) is 13.2 Å². The molecule has 0 aliphatic rings. The Morgan fingerprint density at radius 3 is 2.80 bits per heavy atom. The third kappa shape index (κ3) is 4.05. The largest absolute Gasteiger partial charge is 0.384 e. The summed E-state index contributed by atoms with van der Waals surface area (Å²) in [7, 11) is 0. The van der Waals surface area contributed by atoms with E-state index in [1.165, 1.54) is 0 Å². The van der Waals surface area contributed by atoms with Gasteiger partial charge in [0, 0.05) is 28.9 Å². The molecule has 1 heterocycles. The molecule has 0 amide bonds. The number of ether oxygens (including phenoxy) is 1. The highest BCUT2D eigenvalue weighted by Gasteiger charge is 2.04. The van der Waals surface area contributed by atoms with Gasteiger partial charge in [0.2, 0.25) is 0 Å². The summed E-state index contributed by atoms with van der Waals surface area (Å²) in [6.07, 6.45) is 2.54. The van der Waals surface area contributed by atoms with E-state index in [1.54, 1.807) is 18.3 Å². The van der Waals surface area contributed by atoms with Crippen LogP contribution in [0.15, 0.2) is 42.6 Å². The molecule has 0 radical (unpaired) electrons. The molecule has 0 saturated heterocycles. The predicted molar refractivity (Wildman–Crippen MR) is 80.1 cm³/mol. The fourth-order valence-electron chi connectivity index (χ4n) is 1.74. The fourth-order valence-corrected chi connectivity index (χ4v) is 1.97. The number of pyridine rings is 1. The van der Waals surface area contributed by atoms with Gasteiger partial charge in [0.25, 0.3) is 0 Å². The minimum atomic E-state index is 0.00882. The SMILES string of the molecule is N=C(N)c1ccc(COCCc2ccccn2)c(Cl)c1. The standard InChI is InChI=1S/C15H16ClN3O/c16-14-9-11(15(17)18)4-5-12(14)10-20-8-6-13-3-1-2-7-19-13/h1-5,7,9H,6,8,10H2,(H3,17,18). The van der Waals surface area contributed by atoms with E-state index in [1.807, 2.05) is 24.3 Å². The van der Waals surface area contributed by atoms with Gasteiger partial charge in [0.15, 0.2) is 0 Å². The van der Waals surface area contributed by atoms with E-state index in [0.717, 1.165) is 17.7 Å². The van der Waals surface area contributed by atoms with Crippen molar-refractivity contribution in [3.05, 3.63) is 64.4 Å². The highest BCUT2D eigenvalue weighted by Crippen LogP contribution is 2.18. The number of rotatable bonds is 6. The molecule has 20 heavy (non-hydrogen) atoms. The summed E-state index contributed by atoms with van der Waals surface area (Å²) in [4.78, 5) is 4.23. The Hall–Kier alpha value is -1.91. The summed E-state index contributed by atoms with van der Waals surface area (Å²) in [5.41, 5.74) is 7.91. The predicted octanol–water partition coefficient (Wildman–Crippen LogP) is 2.78. The molecular weight excluding hydrogens is 274 g/mol. The van der Waals surface area contributed by atoms with Crippen molar-refractivity contribution in [3.63, 3.8) is 0 Å². The van der Waals surface area contributed by atoms with Crippen molar-refractivity contribution >= 4 is 17.4 Å². The van der Waals surface area contributed by atoms with Gasteiger partial charge in [-0.1, -0.05) is 29.8 Å². The number of aromatic nitrogens is 1. The summed E-state index contributed by atoms with van der Waals surface area (Å²) in [6.45, 7) is 1.02. The van der Waals surface area contributed by atoms with Crippen molar-refractivity contribution in [2.24, 2.45) is 5.73 Å². The third-order valence-electron chi connectivity index (χ3n) is 2.85. The second-order valence-electron chi connectivity index (χ2n) is 4.34. The van der Waals surface area contributed by atoms with Gasteiger partial charge in [-0.05, 0) is 23.8 Å². The number of hydrogen-bond donors (Lipinski definition) is 2. The average molecular weight is 290 g/mol. The number of nitrogens with zero attached hydrogens (tertiary/aromatic N) is 1. The summed E-state index contributed by atoms with van der Waals surface area (Å²) in [6, 6.07) is 11.1. The average Bonchev–Trinajstić information content (AvgIpc) is 2.46. The van der Waals surface area contributed by atoms with E-state index in [4.69, 9.17) is 27.5 Å². The maximum atomic E-state index is 7.35. The monoisotopic (exact) mass is 289 g/mol. The summed E-state index contributed by atoms with van der Waals surface area (Å²) in [5.74, 6) is 0.00882. The molecule has 0 atom stereocenters. The lowest BCUT2D eigenvalue weighted by molar-refractivity contribution is 0.123. The van der Waals surface area contributed by atoms with Crippen LogP contribution < -0.4 is 5.73 Å². The lowest BCUT2D eigenvalue weighted by atomic mass is 10.1. The van der Waals surface area contributed by atoms with Crippen molar-refractivity contribution in [2.45, 2.75) is 13.0 Å². The zero-order valence-corrected chi connectivity index (χ0v) is 11.7. The number of nitrogen functional groups attached to an aromatic ring is 1. The number of halogens is 1. The molecule has 4 nitrogen and oxygen atoms in total. The fraction of sp³-hybridized carbons (Fsp3) is 0.200. The molecule has 0 fully saturated rings. The first-order chi connectivity index (χ1) is 9.66. The maximum Gasteiger partial charge on any atom is 0.122 e. The molecule has 1 aromatic carbocycles. The van der Waals surface area contributed by atoms with Gasteiger partial charge < -0.3 is 10.5 Å². The van der Waals surface area contributed by atoms with Crippen molar-refractivity contribution < 1.29 is 4.74 Å². The molecule has 0 bridgehead atoms. The molecule has 2 aromatic rings. The second-order valence-corrected chi connectivity index (χ2v) is 4.75. The van der Waals surface area contributed by atoms with Crippen LogP contribution in [0.4, 0.5) is 0 Å². The molecule has 1 aromatic heterocycles. The summed E-state index contributed by atoms with van der Waals surface area (Å²) >= 11 is 6.12. The number of hydrogen-bond acceptors (Lipinski definition) is 3. The van der Waals surface area contributed by atoms with Crippen LogP contribution in [-0.2, 0) is 17.8 Å². The lowest BCUT2D eigenvalue weighted by Gasteiger charge is -2.07. The smallest absolute Gasteiger partial charge is 0.122 e. The van der Waals surface area contributed by atoms with Crippen molar-refractivity contribution in [1.82, 2.24) is 4.98 Å². The van der Waals surface area contributed by atoms with Crippen molar-refractivity contribution in [2.75, 3.05) is 6.61 Å². The van der Waals surface area contributed by atoms with E-state index in [0.29, 0.717) is 23.8 Å². The lowest BCUT2D eigenvalue weighted by Crippen LogP contribution is -2.11. The van der Waals surface area contributed by atoms with Crippen molar-refractivity contribution in [1.29, 1.82) is 5.41 Å². The quantitative estimate of drug-likeness (QED) is 0.488. The molecular formula is C15H16ClN3O. The van der Waals surface area contributed by atoms with Crippen LogP contribution in [-0.4, -0.2) is 17.4 Å². The highest BCUT2D eigenvalue weighted by atomic mass is 35.5. The molecule has 0 aliphatic heterocycles. The number of nitrogens with two attached hydrogens (primary N) is 1. The van der Waals surface area contributed by atoms with Gasteiger partial charge in [-0.2, -0.15) is 0 Å². The van der Waals surface area contributed by atoms with Gasteiger partial charge >= 0.3 is 0 Å². The van der Waals surface area contributed by atoms with Gasteiger partial charge in [-0.15, -0.1) is 0 Å². The Morgan fingerprint density at radius 1 is 1.30 bits per heavy atom. The highest BCUT2D eigenvalue weighted by molar-refractivity contribution is 6.31. The Bertz CT molecular complexity index is 587. The summed E-state index contributed by atoms with van der Waals surface area (Å²) < 4.78 is 5.60. The molecule has 104 valence electrons. The van der Waals surface area contributed by atoms with Crippen LogP contribution in [0.25, 0.3) is 0 Å². The Balaban J connectivity index is 1.84. The number of nitrogens with one attached hydrogen (secondary N) is 1. The Morgan fingerprint density at radius 2 is 2.15 bits per heavy atom. The zero-order chi connectivity index (χ0) is 14.4. The van der Waals surface area contributed by atoms with E-state index < -0.39 is 0 Å². The van der Waals surface area contributed by atoms with Crippen molar-refractivity contribution in [3.8, 4) is 0 Å². The first kappa shape index (κ1) is 14.5. The number of amidine groups is 1. The van der Waals surface area contributed by atoms with Crippen LogP contribution in [0.5, 0.6) is 0 Å². The minimum Gasteiger partial charge on any atom is -0.384 e. The normalized spacial score (nSPS) is 10.4. The van der Waals surface area contributed by atoms with Crippen LogP contribution in [0.1, 0.15) is 16.8 Å². The third-order valence-corrected chi connectivity index (χ3v) is 3.20. The molecule has 0 saturated carbocycles. The topological polar surface area (TPSA) is 72.0 Å². The van der Waals surface area contributed by atoms with E-state index in [9.17, 15) is 0 Å². The molecule has 0 aliphatic carbocycles. The Labute approximate surface area is 123 Å². The van der Waals surface area contributed by atoms with Crippen LogP contribution >= 0.6 is 11.6 Å². The molecule has 3 N–H and O–H groups in total. The zero-order valence-electron chi connectivity index (χ0n) is 11.0. The summed E-state index contributed by atoms with van der Waals surface area (Å²) in [5, 5.41) is 7.91. The first-order valence-corrected chi connectivity index (χ1v) is 6.65. The van der Waals surface area contributed by atoms with Gasteiger partial charge in [-0.3, -0.25) is 10.4 Å². The molecule has 0 unspecified atom stereocenters. The number of benzene rings is 1.